The number of rotatable bonds is 8. The molecule has 1 heterocycles. The molecule has 0 unspecified atom stereocenters. The molecule has 0 saturated heterocycles. The first-order chi connectivity index (χ1) is 13.6. The summed E-state index contributed by atoms with van der Waals surface area (Å²) in [6, 6.07) is 15.0. The normalized spacial score (nSPS) is 10.7. The maximum absolute atomic E-state index is 12.6. The fourth-order valence-corrected chi connectivity index (χ4v) is 2.65. The van der Waals surface area contributed by atoms with Crippen LogP contribution in [0.3, 0.4) is 0 Å². The Hall–Kier alpha value is -3.15. The Bertz CT molecular complexity index is 902. The molecular weight excluding hydrogens is 354 g/mol. The van der Waals surface area contributed by atoms with Crippen LogP contribution >= 0.6 is 0 Å². The lowest BCUT2D eigenvalue weighted by Gasteiger charge is -2.15. The summed E-state index contributed by atoms with van der Waals surface area (Å²) >= 11 is 0. The molecule has 0 aliphatic carbocycles. The summed E-state index contributed by atoms with van der Waals surface area (Å²) in [5, 5.41) is 8.13. The Kier molecular flexibility index (Phi) is 6.42. The molecule has 3 rings (SSSR count). The summed E-state index contributed by atoms with van der Waals surface area (Å²) in [5.41, 5.74) is 2.61. The van der Waals surface area contributed by atoms with Gasteiger partial charge in [0.05, 0.1) is 13.2 Å². The first-order valence-corrected chi connectivity index (χ1v) is 9.44. The van der Waals surface area contributed by atoms with Crippen molar-refractivity contribution in [3.05, 3.63) is 65.5 Å². The second-order valence-electron chi connectivity index (χ2n) is 6.75. The number of hydrogen-bond acceptors (Lipinski definition) is 5. The zero-order valence-electron chi connectivity index (χ0n) is 16.5. The number of benzene rings is 2. The molecule has 1 amide bonds. The Labute approximate surface area is 165 Å². The number of hydrogen-bond donors (Lipinski definition) is 0. The molecule has 0 spiro atoms. The SMILES string of the molecule is CCCCOc1ccc(C(=O)N(C)Cc2nnc(-c3ccc(C)cc3)o2)cc1. The molecule has 2 aromatic carbocycles. The van der Waals surface area contributed by atoms with Crippen LogP contribution in [0.4, 0.5) is 0 Å². The number of nitrogens with zero attached hydrogens (tertiary/aromatic N) is 3. The van der Waals surface area contributed by atoms with Crippen molar-refractivity contribution in [2.24, 2.45) is 0 Å². The van der Waals surface area contributed by atoms with Gasteiger partial charge in [-0.25, -0.2) is 0 Å². The van der Waals surface area contributed by atoms with Crippen molar-refractivity contribution in [3.8, 4) is 17.2 Å². The highest BCUT2D eigenvalue weighted by atomic mass is 16.5. The Morgan fingerprint density at radius 1 is 1.07 bits per heavy atom. The summed E-state index contributed by atoms with van der Waals surface area (Å²) in [5.74, 6) is 1.50. The summed E-state index contributed by atoms with van der Waals surface area (Å²) < 4.78 is 11.3. The third-order valence-corrected chi connectivity index (χ3v) is 4.35. The standard InChI is InChI=1S/C22H25N3O3/c1-4-5-14-27-19-12-10-18(11-13-19)22(26)25(3)15-20-23-24-21(28-20)17-8-6-16(2)7-9-17/h6-13H,4-5,14-15H2,1-3H3. The average Bonchev–Trinajstić information content (AvgIpc) is 3.17. The van der Waals surface area contributed by atoms with E-state index in [0.29, 0.717) is 24.0 Å². The summed E-state index contributed by atoms with van der Waals surface area (Å²) in [4.78, 5) is 14.2. The number of amides is 1. The quantitative estimate of drug-likeness (QED) is 0.539. The third-order valence-electron chi connectivity index (χ3n) is 4.35. The molecule has 0 saturated carbocycles. The van der Waals surface area contributed by atoms with Crippen LogP contribution in [0.2, 0.25) is 0 Å². The van der Waals surface area contributed by atoms with Crippen LogP contribution in [-0.4, -0.2) is 34.7 Å². The number of aromatic nitrogens is 2. The zero-order chi connectivity index (χ0) is 19.9. The molecule has 6 heteroatoms. The van der Waals surface area contributed by atoms with Gasteiger partial charge in [-0.15, -0.1) is 10.2 Å². The molecule has 1 aromatic heterocycles. The molecule has 28 heavy (non-hydrogen) atoms. The molecule has 146 valence electrons. The lowest BCUT2D eigenvalue weighted by molar-refractivity contribution is 0.0773. The minimum atomic E-state index is -0.116. The van der Waals surface area contributed by atoms with Gasteiger partial charge in [-0.05, 0) is 49.7 Å². The van der Waals surface area contributed by atoms with Crippen LogP contribution < -0.4 is 4.74 Å². The van der Waals surface area contributed by atoms with Gasteiger partial charge >= 0.3 is 0 Å². The van der Waals surface area contributed by atoms with Gasteiger partial charge in [0, 0.05) is 18.2 Å². The van der Waals surface area contributed by atoms with Crippen molar-refractivity contribution in [2.45, 2.75) is 33.2 Å². The zero-order valence-corrected chi connectivity index (χ0v) is 16.5. The summed E-state index contributed by atoms with van der Waals surface area (Å²) in [7, 11) is 1.71. The van der Waals surface area contributed by atoms with Crippen LogP contribution in [-0.2, 0) is 6.54 Å². The van der Waals surface area contributed by atoms with Crippen LogP contribution in [0.25, 0.3) is 11.5 Å². The van der Waals surface area contributed by atoms with Crippen molar-refractivity contribution < 1.29 is 13.9 Å². The Balaban J connectivity index is 1.60. The summed E-state index contributed by atoms with van der Waals surface area (Å²) in [6.45, 7) is 5.07. The minimum absolute atomic E-state index is 0.116. The van der Waals surface area contributed by atoms with Gasteiger partial charge < -0.3 is 14.1 Å². The first kappa shape index (κ1) is 19.6. The minimum Gasteiger partial charge on any atom is -0.494 e. The molecule has 0 aliphatic heterocycles. The fraction of sp³-hybridized carbons (Fsp3) is 0.318. The molecule has 0 atom stereocenters. The highest BCUT2D eigenvalue weighted by Gasteiger charge is 2.16. The maximum atomic E-state index is 12.6. The molecule has 0 N–H and O–H groups in total. The highest BCUT2D eigenvalue weighted by molar-refractivity contribution is 5.94. The van der Waals surface area contributed by atoms with Crippen molar-refractivity contribution in [2.75, 3.05) is 13.7 Å². The van der Waals surface area contributed by atoms with Crippen molar-refractivity contribution in [3.63, 3.8) is 0 Å². The van der Waals surface area contributed by atoms with E-state index in [4.69, 9.17) is 9.15 Å². The van der Waals surface area contributed by atoms with Crippen molar-refractivity contribution >= 4 is 5.91 Å². The van der Waals surface area contributed by atoms with Crippen LogP contribution in [0, 0.1) is 6.92 Å². The maximum Gasteiger partial charge on any atom is 0.254 e. The topological polar surface area (TPSA) is 68.5 Å². The Morgan fingerprint density at radius 3 is 2.46 bits per heavy atom. The smallest absolute Gasteiger partial charge is 0.254 e. The third kappa shape index (κ3) is 4.97. The van der Waals surface area contributed by atoms with Crippen molar-refractivity contribution in [1.29, 1.82) is 0 Å². The van der Waals surface area contributed by atoms with E-state index < -0.39 is 0 Å². The predicted octanol–water partition coefficient (Wildman–Crippen LogP) is 4.50. The molecule has 6 nitrogen and oxygen atoms in total. The second kappa shape index (κ2) is 9.17. The van der Waals surface area contributed by atoms with Gasteiger partial charge in [-0.1, -0.05) is 31.0 Å². The molecule has 0 radical (unpaired) electrons. The van der Waals surface area contributed by atoms with E-state index in [1.165, 1.54) is 0 Å². The average molecular weight is 379 g/mol. The largest absolute Gasteiger partial charge is 0.494 e. The fourth-order valence-electron chi connectivity index (χ4n) is 2.65. The lowest BCUT2D eigenvalue weighted by Crippen LogP contribution is -2.26. The van der Waals surface area contributed by atoms with Gasteiger partial charge in [0.25, 0.3) is 5.91 Å². The van der Waals surface area contributed by atoms with Crippen LogP contribution in [0.15, 0.2) is 52.9 Å². The van der Waals surface area contributed by atoms with E-state index >= 15 is 0 Å². The molecule has 0 aliphatic rings. The van der Waals surface area contributed by atoms with E-state index in [0.717, 1.165) is 29.7 Å². The van der Waals surface area contributed by atoms with Gasteiger partial charge in [-0.3, -0.25) is 4.79 Å². The van der Waals surface area contributed by atoms with Crippen LogP contribution in [0.1, 0.15) is 41.6 Å². The molecule has 0 fully saturated rings. The van der Waals surface area contributed by atoms with Gasteiger partial charge in [0.2, 0.25) is 11.8 Å². The monoisotopic (exact) mass is 379 g/mol. The number of unbranched alkanes of at least 4 members (excludes halogenated alkanes) is 1. The Morgan fingerprint density at radius 2 is 1.79 bits per heavy atom. The molecular formula is C22H25N3O3. The van der Waals surface area contributed by atoms with Gasteiger partial charge in [0.1, 0.15) is 5.75 Å². The number of carbonyl (C=O) groups is 1. The van der Waals surface area contributed by atoms with E-state index in [9.17, 15) is 4.79 Å². The van der Waals surface area contributed by atoms with Crippen LogP contribution in [0.5, 0.6) is 5.75 Å². The lowest BCUT2D eigenvalue weighted by atomic mass is 10.1. The van der Waals surface area contributed by atoms with E-state index in [1.807, 2.05) is 43.3 Å². The second-order valence-corrected chi connectivity index (χ2v) is 6.75. The van der Waals surface area contributed by atoms with E-state index in [1.54, 1.807) is 24.1 Å². The first-order valence-electron chi connectivity index (χ1n) is 9.44. The van der Waals surface area contributed by atoms with E-state index in [-0.39, 0.29) is 12.5 Å². The van der Waals surface area contributed by atoms with Gasteiger partial charge in [-0.2, -0.15) is 0 Å². The van der Waals surface area contributed by atoms with Crippen molar-refractivity contribution in [1.82, 2.24) is 15.1 Å². The highest BCUT2D eigenvalue weighted by Crippen LogP contribution is 2.19. The van der Waals surface area contributed by atoms with Gasteiger partial charge in [0.15, 0.2) is 0 Å². The molecule has 3 aromatic rings. The van der Waals surface area contributed by atoms with E-state index in [2.05, 4.69) is 17.1 Å². The number of carbonyl (C=O) groups excluding carboxylic acids is 1. The predicted molar refractivity (Wildman–Crippen MR) is 107 cm³/mol. The summed E-state index contributed by atoms with van der Waals surface area (Å²) in [6.07, 6.45) is 2.10. The number of ether oxygens (including phenoxy) is 1. The number of aryl methyl sites for hydroxylation is 1. The molecule has 0 bridgehead atoms.